The molecule has 2 saturated heterocycles. The molecule has 25 heavy (non-hydrogen) atoms. The molecule has 1 aromatic rings. The van der Waals surface area contributed by atoms with Gasteiger partial charge in [0.25, 0.3) is 0 Å². The third kappa shape index (κ3) is 4.60. The molecule has 0 aromatic heterocycles. The van der Waals surface area contributed by atoms with Crippen LogP contribution in [-0.2, 0) is 4.79 Å². The van der Waals surface area contributed by atoms with Crippen LogP contribution < -0.4 is 10.6 Å². The second-order valence-electron chi connectivity index (χ2n) is 7.70. The number of nitrogens with one attached hydrogen (secondary N) is 2. The second-order valence-corrected chi connectivity index (χ2v) is 7.70. The number of nitrogens with zero attached hydrogens (tertiary/aromatic N) is 2. The number of hydrogen-bond acceptors (Lipinski definition) is 4. The quantitative estimate of drug-likeness (QED) is 0.770. The van der Waals surface area contributed by atoms with Crippen molar-refractivity contribution in [3.05, 3.63) is 35.9 Å². The molecule has 2 aliphatic rings. The summed E-state index contributed by atoms with van der Waals surface area (Å²) in [5.74, 6) is 0.156. The summed E-state index contributed by atoms with van der Waals surface area (Å²) < 4.78 is 0. The molecule has 2 unspecified atom stereocenters. The fourth-order valence-corrected chi connectivity index (χ4v) is 3.98. The highest BCUT2D eigenvalue weighted by Crippen LogP contribution is 2.24. The predicted molar refractivity (Wildman–Crippen MR) is 102 cm³/mol. The van der Waals surface area contributed by atoms with E-state index in [1.807, 2.05) is 6.92 Å². The molecule has 2 heterocycles. The summed E-state index contributed by atoms with van der Waals surface area (Å²) in [5.41, 5.74) is 1.03. The van der Waals surface area contributed by atoms with Crippen LogP contribution in [0.25, 0.3) is 0 Å². The average Bonchev–Trinajstić information content (AvgIpc) is 3.08. The number of carbonyl (C=O) groups excluding carboxylic acids is 1. The van der Waals surface area contributed by atoms with Crippen LogP contribution in [-0.4, -0.2) is 67.6 Å². The number of hydrogen-bond donors (Lipinski definition) is 2. The topological polar surface area (TPSA) is 47.6 Å². The van der Waals surface area contributed by atoms with E-state index in [0.29, 0.717) is 6.04 Å². The Morgan fingerprint density at radius 3 is 2.84 bits per heavy atom. The number of rotatable bonds is 6. The van der Waals surface area contributed by atoms with E-state index in [2.05, 4.69) is 57.8 Å². The first kappa shape index (κ1) is 18.4. The zero-order valence-electron chi connectivity index (χ0n) is 15.6. The van der Waals surface area contributed by atoms with Crippen LogP contribution in [0, 0.1) is 0 Å². The van der Waals surface area contributed by atoms with Gasteiger partial charge in [0.15, 0.2) is 0 Å². The van der Waals surface area contributed by atoms with Crippen molar-refractivity contribution in [2.75, 3.05) is 46.3 Å². The van der Waals surface area contributed by atoms with E-state index >= 15 is 0 Å². The van der Waals surface area contributed by atoms with Gasteiger partial charge in [-0.3, -0.25) is 9.69 Å². The Balaban J connectivity index is 1.48. The molecule has 0 saturated carbocycles. The minimum absolute atomic E-state index is 0.156. The van der Waals surface area contributed by atoms with Gasteiger partial charge in [-0.05, 0) is 45.3 Å². The maximum Gasteiger partial charge on any atom is 0.240 e. The van der Waals surface area contributed by atoms with Crippen LogP contribution in [0.5, 0.6) is 0 Å². The minimum atomic E-state index is -0.361. The lowest BCUT2D eigenvalue weighted by molar-refractivity contribution is -0.126. The fourth-order valence-electron chi connectivity index (χ4n) is 3.98. The number of benzene rings is 1. The lowest BCUT2D eigenvalue weighted by atomic mass is 9.99. The zero-order chi connectivity index (χ0) is 17.7. The Morgan fingerprint density at radius 2 is 2.12 bits per heavy atom. The largest absolute Gasteiger partial charge is 0.354 e. The van der Waals surface area contributed by atoms with Gasteiger partial charge in [0, 0.05) is 38.8 Å². The van der Waals surface area contributed by atoms with Crippen molar-refractivity contribution in [2.24, 2.45) is 0 Å². The van der Waals surface area contributed by atoms with Crippen molar-refractivity contribution < 1.29 is 4.79 Å². The summed E-state index contributed by atoms with van der Waals surface area (Å²) >= 11 is 0. The van der Waals surface area contributed by atoms with Crippen molar-refractivity contribution in [3.63, 3.8) is 0 Å². The van der Waals surface area contributed by atoms with Gasteiger partial charge >= 0.3 is 0 Å². The van der Waals surface area contributed by atoms with E-state index in [-0.39, 0.29) is 11.4 Å². The molecular formula is C20H32N4O. The number of amides is 1. The van der Waals surface area contributed by atoms with Crippen molar-refractivity contribution in [1.29, 1.82) is 0 Å². The molecule has 2 fully saturated rings. The first-order chi connectivity index (χ1) is 12.1. The first-order valence-electron chi connectivity index (χ1n) is 9.59. The minimum Gasteiger partial charge on any atom is -0.354 e. The standard InChI is InChI=1S/C20H32N4O/c1-20(10-6-12-22-20)19(25)21-11-7-13-24-15-14-23(2)16-18(24)17-8-4-3-5-9-17/h3-5,8-9,18,22H,6-7,10-16H2,1-2H3,(H,21,25). The van der Waals surface area contributed by atoms with Gasteiger partial charge in [-0.2, -0.15) is 0 Å². The molecular weight excluding hydrogens is 312 g/mol. The summed E-state index contributed by atoms with van der Waals surface area (Å²) in [4.78, 5) is 17.3. The Hall–Kier alpha value is -1.43. The van der Waals surface area contributed by atoms with Gasteiger partial charge in [-0.1, -0.05) is 30.3 Å². The molecule has 2 atom stereocenters. The molecule has 2 N–H and O–H groups in total. The fraction of sp³-hybridized carbons (Fsp3) is 0.650. The third-order valence-corrected chi connectivity index (χ3v) is 5.66. The molecule has 5 heteroatoms. The summed E-state index contributed by atoms with van der Waals surface area (Å²) in [5, 5.41) is 6.46. The van der Waals surface area contributed by atoms with Crippen molar-refractivity contribution in [2.45, 2.75) is 37.8 Å². The molecule has 0 aliphatic carbocycles. The highest BCUT2D eigenvalue weighted by atomic mass is 16.2. The van der Waals surface area contributed by atoms with E-state index in [1.165, 1.54) is 5.56 Å². The molecule has 0 bridgehead atoms. The highest BCUT2D eigenvalue weighted by Gasteiger charge is 2.35. The van der Waals surface area contributed by atoms with Crippen molar-refractivity contribution >= 4 is 5.91 Å². The first-order valence-corrected chi connectivity index (χ1v) is 9.59. The maximum absolute atomic E-state index is 12.4. The van der Waals surface area contributed by atoms with Gasteiger partial charge in [-0.15, -0.1) is 0 Å². The Bertz CT molecular complexity index is 556. The molecule has 138 valence electrons. The molecule has 0 spiro atoms. The van der Waals surface area contributed by atoms with Crippen LogP contribution >= 0.6 is 0 Å². The van der Waals surface area contributed by atoms with Crippen LogP contribution in [0.1, 0.15) is 37.8 Å². The number of carbonyl (C=O) groups is 1. The summed E-state index contributed by atoms with van der Waals surface area (Å²) in [6.45, 7) is 8.01. The molecule has 3 rings (SSSR count). The normalized spacial score (nSPS) is 28.2. The van der Waals surface area contributed by atoms with E-state index in [1.54, 1.807) is 0 Å². The van der Waals surface area contributed by atoms with Crippen LogP contribution in [0.2, 0.25) is 0 Å². The third-order valence-electron chi connectivity index (χ3n) is 5.66. The smallest absolute Gasteiger partial charge is 0.240 e. The van der Waals surface area contributed by atoms with E-state index in [4.69, 9.17) is 0 Å². The van der Waals surface area contributed by atoms with Crippen LogP contribution in [0.4, 0.5) is 0 Å². The van der Waals surface area contributed by atoms with E-state index in [0.717, 1.165) is 58.5 Å². The van der Waals surface area contributed by atoms with Crippen molar-refractivity contribution in [3.8, 4) is 0 Å². The van der Waals surface area contributed by atoms with Crippen LogP contribution in [0.3, 0.4) is 0 Å². The number of piperazine rings is 1. The Morgan fingerprint density at radius 1 is 1.32 bits per heavy atom. The summed E-state index contributed by atoms with van der Waals surface area (Å²) in [7, 11) is 2.20. The molecule has 1 amide bonds. The van der Waals surface area contributed by atoms with Gasteiger partial charge in [0.2, 0.25) is 5.91 Å². The molecule has 2 aliphatic heterocycles. The lowest BCUT2D eigenvalue weighted by Crippen LogP contribution is -2.51. The zero-order valence-corrected chi connectivity index (χ0v) is 15.6. The van der Waals surface area contributed by atoms with Gasteiger partial charge in [-0.25, -0.2) is 0 Å². The maximum atomic E-state index is 12.4. The number of likely N-dealkylation sites (N-methyl/N-ethyl adjacent to an activating group) is 1. The Kier molecular flexibility index (Phi) is 6.10. The molecule has 5 nitrogen and oxygen atoms in total. The molecule has 0 radical (unpaired) electrons. The van der Waals surface area contributed by atoms with E-state index in [9.17, 15) is 4.79 Å². The van der Waals surface area contributed by atoms with Gasteiger partial charge < -0.3 is 15.5 Å². The second kappa shape index (κ2) is 8.30. The predicted octanol–water partition coefficient (Wildman–Crippen LogP) is 1.62. The molecule has 1 aromatic carbocycles. The summed E-state index contributed by atoms with van der Waals surface area (Å²) in [6, 6.07) is 11.2. The van der Waals surface area contributed by atoms with Gasteiger partial charge in [0.1, 0.15) is 0 Å². The van der Waals surface area contributed by atoms with E-state index < -0.39 is 0 Å². The van der Waals surface area contributed by atoms with Crippen LogP contribution in [0.15, 0.2) is 30.3 Å². The monoisotopic (exact) mass is 344 g/mol. The van der Waals surface area contributed by atoms with Crippen molar-refractivity contribution in [1.82, 2.24) is 20.4 Å². The average molecular weight is 345 g/mol. The Labute approximate surface area is 151 Å². The van der Waals surface area contributed by atoms with Gasteiger partial charge in [0.05, 0.1) is 5.54 Å². The lowest BCUT2D eigenvalue weighted by Gasteiger charge is -2.40. The summed E-state index contributed by atoms with van der Waals surface area (Å²) in [6.07, 6.45) is 3.02. The SMILES string of the molecule is CN1CCN(CCCNC(=O)C2(C)CCCN2)C(c2ccccc2)C1. The highest BCUT2D eigenvalue weighted by molar-refractivity contribution is 5.86.